The predicted molar refractivity (Wildman–Crippen MR) is 147 cm³/mol. The lowest BCUT2D eigenvalue weighted by atomic mass is 9.84. The van der Waals surface area contributed by atoms with Crippen LogP contribution in [0.5, 0.6) is 17.2 Å². The first-order chi connectivity index (χ1) is 18.1. The molecule has 0 spiro atoms. The molecule has 6 nitrogen and oxygen atoms in total. The number of hydrogen-bond donors (Lipinski definition) is 1. The number of rotatable bonds is 11. The van der Waals surface area contributed by atoms with E-state index in [2.05, 4.69) is 22.7 Å². The molecule has 1 saturated carbocycles. The van der Waals surface area contributed by atoms with Gasteiger partial charge in [-0.05, 0) is 73.2 Å². The van der Waals surface area contributed by atoms with E-state index in [-0.39, 0.29) is 5.91 Å². The number of amides is 1. The van der Waals surface area contributed by atoms with Gasteiger partial charge in [-0.3, -0.25) is 4.79 Å². The highest BCUT2D eigenvalue weighted by atomic mass is 35.5. The van der Waals surface area contributed by atoms with Crippen LogP contribution >= 0.6 is 11.6 Å². The molecule has 4 rings (SSSR count). The standard InChI is InChI=1S/C30H33ClN2O4/c1-2-35-28-20-22(21-32-33-30(34)25-11-7-4-8-12-25)19-27(31)29(28)37-18-17-36-26-15-13-24(14-16-26)23-9-5-3-6-10-23/h4,7-8,11-16,19-21,23H,2-3,5-6,9-10,17-18H2,1H3,(H,33,34)/b32-21-. The summed E-state index contributed by atoms with van der Waals surface area (Å²) >= 11 is 6.50. The van der Waals surface area contributed by atoms with Gasteiger partial charge in [0.05, 0.1) is 17.8 Å². The Morgan fingerprint density at radius 1 is 0.973 bits per heavy atom. The first-order valence-electron chi connectivity index (χ1n) is 12.8. The van der Waals surface area contributed by atoms with Crippen molar-refractivity contribution in [3.63, 3.8) is 0 Å². The maximum Gasteiger partial charge on any atom is 0.271 e. The molecule has 0 aromatic heterocycles. The van der Waals surface area contributed by atoms with Gasteiger partial charge in [0.25, 0.3) is 5.91 Å². The largest absolute Gasteiger partial charge is 0.490 e. The van der Waals surface area contributed by atoms with E-state index in [1.54, 1.807) is 36.4 Å². The quantitative estimate of drug-likeness (QED) is 0.168. The highest BCUT2D eigenvalue weighted by Gasteiger charge is 2.15. The van der Waals surface area contributed by atoms with Crippen LogP contribution in [0.25, 0.3) is 0 Å². The summed E-state index contributed by atoms with van der Waals surface area (Å²) in [6.07, 6.45) is 8.08. The minimum atomic E-state index is -0.295. The van der Waals surface area contributed by atoms with Crippen molar-refractivity contribution in [2.24, 2.45) is 5.10 Å². The Labute approximate surface area is 223 Å². The maximum absolute atomic E-state index is 12.2. The molecule has 0 saturated heterocycles. The van der Waals surface area contributed by atoms with Gasteiger partial charge in [0.15, 0.2) is 11.5 Å². The fourth-order valence-corrected chi connectivity index (χ4v) is 4.73. The Morgan fingerprint density at radius 3 is 2.43 bits per heavy atom. The Hall–Kier alpha value is -3.51. The SMILES string of the molecule is CCOc1cc(/C=N\NC(=O)c2ccccc2)cc(Cl)c1OCCOc1ccc(C2CCCCC2)cc1. The number of nitrogens with zero attached hydrogens (tertiary/aromatic N) is 1. The Kier molecular flexibility index (Phi) is 9.83. The zero-order valence-corrected chi connectivity index (χ0v) is 21.9. The van der Waals surface area contributed by atoms with E-state index in [0.717, 1.165) is 5.75 Å². The van der Waals surface area contributed by atoms with Gasteiger partial charge in [0.2, 0.25) is 0 Å². The number of ether oxygens (including phenoxy) is 3. The fraction of sp³-hybridized carbons (Fsp3) is 0.333. The molecule has 0 heterocycles. The molecule has 1 amide bonds. The molecule has 1 aliphatic rings. The van der Waals surface area contributed by atoms with Crippen LogP contribution in [0.4, 0.5) is 0 Å². The van der Waals surface area contributed by atoms with Gasteiger partial charge in [-0.1, -0.05) is 61.2 Å². The lowest BCUT2D eigenvalue weighted by molar-refractivity contribution is 0.0955. The van der Waals surface area contributed by atoms with Gasteiger partial charge in [0, 0.05) is 5.56 Å². The van der Waals surface area contributed by atoms with Crippen LogP contribution in [0.2, 0.25) is 5.02 Å². The minimum absolute atomic E-state index is 0.295. The van der Waals surface area contributed by atoms with Gasteiger partial charge in [-0.2, -0.15) is 5.10 Å². The van der Waals surface area contributed by atoms with Gasteiger partial charge in [0.1, 0.15) is 19.0 Å². The van der Waals surface area contributed by atoms with Crippen LogP contribution in [-0.4, -0.2) is 31.9 Å². The summed E-state index contributed by atoms with van der Waals surface area (Å²) in [5.41, 5.74) is 5.11. The number of nitrogens with one attached hydrogen (secondary N) is 1. The molecular formula is C30H33ClN2O4. The number of hydrazone groups is 1. The van der Waals surface area contributed by atoms with Crippen molar-refractivity contribution in [3.8, 4) is 17.2 Å². The Balaban J connectivity index is 1.30. The number of benzene rings is 3. The van der Waals surface area contributed by atoms with E-state index in [9.17, 15) is 4.79 Å². The van der Waals surface area contributed by atoms with Crippen molar-refractivity contribution in [3.05, 3.63) is 88.4 Å². The monoisotopic (exact) mass is 520 g/mol. The van der Waals surface area contributed by atoms with Gasteiger partial charge >= 0.3 is 0 Å². The zero-order chi connectivity index (χ0) is 25.9. The highest BCUT2D eigenvalue weighted by Crippen LogP contribution is 2.36. The molecule has 0 unspecified atom stereocenters. The second-order valence-electron chi connectivity index (χ2n) is 8.93. The van der Waals surface area contributed by atoms with E-state index in [4.69, 9.17) is 25.8 Å². The van der Waals surface area contributed by atoms with Crippen LogP contribution in [0.1, 0.15) is 66.4 Å². The van der Waals surface area contributed by atoms with Gasteiger partial charge in [-0.15, -0.1) is 0 Å². The van der Waals surface area contributed by atoms with Crippen molar-refractivity contribution in [1.29, 1.82) is 0 Å². The van der Waals surface area contributed by atoms with Crippen LogP contribution in [-0.2, 0) is 0 Å². The lowest BCUT2D eigenvalue weighted by Gasteiger charge is -2.22. The summed E-state index contributed by atoms with van der Waals surface area (Å²) in [7, 11) is 0. The van der Waals surface area contributed by atoms with Crippen molar-refractivity contribution in [2.75, 3.05) is 19.8 Å². The minimum Gasteiger partial charge on any atom is -0.490 e. The summed E-state index contributed by atoms with van der Waals surface area (Å²) in [5, 5.41) is 4.42. The van der Waals surface area contributed by atoms with Crippen molar-refractivity contribution >= 4 is 23.7 Å². The number of carbonyl (C=O) groups is 1. The molecule has 194 valence electrons. The molecular weight excluding hydrogens is 488 g/mol. The third-order valence-corrected chi connectivity index (χ3v) is 6.58. The summed E-state index contributed by atoms with van der Waals surface area (Å²) in [5.74, 6) is 2.16. The normalized spacial score (nSPS) is 13.9. The lowest BCUT2D eigenvalue weighted by Crippen LogP contribution is -2.17. The van der Waals surface area contributed by atoms with Gasteiger partial charge < -0.3 is 14.2 Å². The maximum atomic E-state index is 12.2. The Morgan fingerprint density at radius 2 is 1.70 bits per heavy atom. The molecule has 0 atom stereocenters. The third kappa shape index (κ3) is 7.73. The third-order valence-electron chi connectivity index (χ3n) is 6.30. The number of hydrogen-bond acceptors (Lipinski definition) is 5. The zero-order valence-electron chi connectivity index (χ0n) is 21.1. The summed E-state index contributed by atoms with van der Waals surface area (Å²) in [4.78, 5) is 12.2. The average Bonchev–Trinajstić information content (AvgIpc) is 2.93. The van der Waals surface area contributed by atoms with E-state index in [1.165, 1.54) is 43.9 Å². The first kappa shape index (κ1) is 26.6. The number of carbonyl (C=O) groups excluding carboxylic acids is 1. The average molecular weight is 521 g/mol. The topological polar surface area (TPSA) is 69.2 Å². The predicted octanol–water partition coefficient (Wildman–Crippen LogP) is 7.01. The summed E-state index contributed by atoms with van der Waals surface area (Å²) < 4.78 is 17.5. The van der Waals surface area contributed by atoms with E-state index < -0.39 is 0 Å². The fourth-order valence-electron chi connectivity index (χ4n) is 4.46. The van der Waals surface area contributed by atoms with Crippen molar-refractivity contribution in [1.82, 2.24) is 5.43 Å². The van der Waals surface area contributed by atoms with Crippen LogP contribution in [0.3, 0.4) is 0 Å². The second kappa shape index (κ2) is 13.7. The van der Waals surface area contributed by atoms with Crippen LogP contribution < -0.4 is 19.6 Å². The molecule has 0 aliphatic heterocycles. The van der Waals surface area contributed by atoms with Crippen LogP contribution in [0.15, 0.2) is 71.8 Å². The molecule has 37 heavy (non-hydrogen) atoms. The van der Waals surface area contributed by atoms with E-state index in [1.807, 2.05) is 25.1 Å². The summed E-state index contributed by atoms with van der Waals surface area (Å²) in [6.45, 7) is 3.02. The first-order valence-corrected chi connectivity index (χ1v) is 13.2. The van der Waals surface area contributed by atoms with Crippen LogP contribution in [0, 0.1) is 0 Å². The molecule has 0 radical (unpaired) electrons. The second-order valence-corrected chi connectivity index (χ2v) is 9.34. The smallest absolute Gasteiger partial charge is 0.271 e. The highest BCUT2D eigenvalue weighted by molar-refractivity contribution is 6.32. The van der Waals surface area contributed by atoms with Gasteiger partial charge in [-0.25, -0.2) is 5.43 Å². The molecule has 3 aromatic rings. The molecule has 1 aliphatic carbocycles. The summed E-state index contributed by atoms with van der Waals surface area (Å²) in [6, 6.07) is 20.8. The molecule has 3 aromatic carbocycles. The van der Waals surface area contributed by atoms with Crippen molar-refractivity contribution in [2.45, 2.75) is 44.9 Å². The molecule has 1 N–H and O–H groups in total. The van der Waals surface area contributed by atoms with E-state index >= 15 is 0 Å². The number of halogens is 1. The molecule has 0 bridgehead atoms. The Bertz CT molecular complexity index is 1180. The molecule has 7 heteroatoms. The van der Waals surface area contributed by atoms with Crippen molar-refractivity contribution < 1.29 is 19.0 Å². The molecule has 1 fully saturated rings. The van der Waals surface area contributed by atoms with E-state index in [0.29, 0.717) is 53.4 Å².